The molecule has 5 heteroatoms. The lowest BCUT2D eigenvalue weighted by Gasteiger charge is -2.19. The molecular weight excluding hydrogens is 244 g/mol. The third kappa shape index (κ3) is 2.36. The quantitative estimate of drug-likeness (QED) is 0.857. The molecule has 0 bridgehead atoms. The van der Waals surface area contributed by atoms with Crippen molar-refractivity contribution in [3.05, 3.63) is 42.2 Å². The number of hydrogen-bond donors (Lipinski definition) is 1. The van der Waals surface area contributed by atoms with Gasteiger partial charge in [-0.05, 0) is 19.1 Å². The van der Waals surface area contributed by atoms with Gasteiger partial charge in [0.05, 0.1) is 0 Å². The Labute approximate surface area is 112 Å². The van der Waals surface area contributed by atoms with E-state index in [2.05, 4.69) is 16.5 Å². The van der Waals surface area contributed by atoms with E-state index in [0.29, 0.717) is 4.99 Å². The number of aryl methyl sites for hydroxylation is 1. The predicted octanol–water partition coefficient (Wildman–Crippen LogP) is 2.31. The van der Waals surface area contributed by atoms with Crippen LogP contribution in [0.4, 0.5) is 11.6 Å². The van der Waals surface area contributed by atoms with Gasteiger partial charge in [0, 0.05) is 37.2 Å². The van der Waals surface area contributed by atoms with Crippen molar-refractivity contribution in [3.8, 4) is 0 Å². The fourth-order valence-corrected chi connectivity index (χ4v) is 1.96. The van der Waals surface area contributed by atoms with Crippen molar-refractivity contribution < 1.29 is 0 Å². The van der Waals surface area contributed by atoms with Gasteiger partial charge in [-0.2, -0.15) is 0 Å². The van der Waals surface area contributed by atoms with Crippen LogP contribution in [0.3, 0.4) is 0 Å². The summed E-state index contributed by atoms with van der Waals surface area (Å²) in [4.78, 5) is 6.79. The van der Waals surface area contributed by atoms with Gasteiger partial charge in [-0.3, -0.25) is 0 Å². The zero-order valence-electron chi connectivity index (χ0n) is 10.5. The maximum atomic E-state index is 5.65. The SMILES string of the molecule is CCn1ccnc1N(C)c1cccc(C(N)=S)c1. The molecule has 0 fully saturated rings. The first-order chi connectivity index (χ1) is 8.63. The molecule has 0 saturated carbocycles. The zero-order chi connectivity index (χ0) is 13.1. The Hall–Kier alpha value is -1.88. The summed E-state index contributed by atoms with van der Waals surface area (Å²) in [5, 5.41) is 0. The molecule has 1 heterocycles. The van der Waals surface area contributed by atoms with E-state index in [-0.39, 0.29) is 0 Å². The standard InChI is InChI=1S/C13H16N4S/c1-3-17-8-7-15-13(17)16(2)11-6-4-5-10(9-11)12(14)18/h4-9H,3H2,1-2H3,(H2,14,18). The van der Waals surface area contributed by atoms with Crippen LogP contribution in [-0.4, -0.2) is 21.6 Å². The molecular formula is C13H16N4S. The molecule has 94 valence electrons. The van der Waals surface area contributed by atoms with Crippen LogP contribution in [0, 0.1) is 0 Å². The lowest BCUT2D eigenvalue weighted by atomic mass is 10.2. The average Bonchev–Trinajstić information content (AvgIpc) is 2.86. The first-order valence-electron chi connectivity index (χ1n) is 5.78. The number of thiocarbonyl (C=S) groups is 1. The third-order valence-electron chi connectivity index (χ3n) is 2.85. The second kappa shape index (κ2) is 5.18. The van der Waals surface area contributed by atoms with Gasteiger partial charge in [0.1, 0.15) is 4.99 Å². The first-order valence-corrected chi connectivity index (χ1v) is 6.19. The van der Waals surface area contributed by atoms with Crippen molar-refractivity contribution in [2.24, 2.45) is 5.73 Å². The fraction of sp³-hybridized carbons (Fsp3) is 0.231. The number of anilines is 2. The Morgan fingerprint density at radius 3 is 2.94 bits per heavy atom. The summed E-state index contributed by atoms with van der Waals surface area (Å²) in [6, 6.07) is 7.83. The Morgan fingerprint density at radius 2 is 2.28 bits per heavy atom. The Kier molecular flexibility index (Phi) is 3.62. The molecule has 2 aromatic rings. The summed E-state index contributed by atoms with van der Waals surface area (Å²) in [5.74, 6) is 0.901. The molecule has 18 heavy (non-hydrogen) atoms. The van der Waals surface area contributed by atoms with Gasteiger partial charge in [0.2, 0.25) is 5.95 Å². The van der Waals surface area contributed by atoms with Crippen molar-refractivity contribution in [1.29, 1.82) is 0 Å². The van der Waals surface area contributed by atoms with Crippen LogP contribution in [-0.2, 0) is 6.54 Å². The minimum Gasteiger partial charge on any atom is -0.389 e. The smallest absolute Gasteiger partial charge is 0.209 e. The number of aromatic nitrogens is 2. The molecule has 0 atom stereocenters. The van der Waals surface area contributed by atoms with Crippen molar-refractivity contribution >= 4 is 28.8 Å². The maximum absolute atomic E-state index is 5.65. The van der Waals surface area contributed by atoms with Gasteiger partial charge >= 0.3 is 0 Å². The van der Waals surface area contributed by atoms with Crippen LogP contribution < -0.4 is 10.6 Å². The van der Waals surface area contributed by atoms with E-state index in [1.165, 1.54) is 0 Å². The summed E-state index contributed by atoms with van der Waals surface area (Å²) >= 11 is 5.00. The molecule has 0 aliphatic rings. The van der Waals surface area contributed by atoms with Gasteiger partial charge in [-0.15, -0.1) is 0 Å². The highest BCUT2D eigenvalue weighted by Crippen LogP contribution is 2.22. The minimum atomic E-state index is 0.407. The van der Waals surface area contributed by atoms with Crippen molar-refractivity contribution in [2.75, 3.05) is 11.9 Å². The van der Waals surface area contributed by atoms with Crippen molar-refractivity contribution in [2.45, 2.75) is 13.5 Å². The topological polar surface area (TPSA) is 47.1 Å². The van der Waals surface area contributed by atoms with Crippen molar-refractivity contribution in [3.63, 3.8) is 0 Å². The second-order valence-corrected chi connectivity index (χ2v) is 4.43. The van der Waals surface area contributed by atoms with Gasteiger partial charge in [-0.25, -0.2) is 4.98 Å². The molecule has 1 aromatic carbocycles. The molecule has 0 unspecified atom stereocenters. The van der Waals surface area contributed by atoms with Crippen LogP contribution in [0.1, 0.15) is 12.5 Å². The number of nitrogens with two attached hydrogens (primary N) is 1. The van der Waals surface area contributed by atoms with Gasteiger partial charge in [-0.1, -0.05) is 24.4 Å². The van der Waals surface area contributed by atoms with E-state index in [4.69, 9.17) is 18.0 Å². The highest BCUT2D eigenvalue weighted by molar-refractivity contribution is 7.80. The molecule has 2 rings (SSSR count). The molecule has 0 radical (unpaired) electrons. The van der Waals surface area contributed by atoms with E-state index >= 15 is 0 Å². The van der Waals surface area contributed by atoms with E-state index in [9.17, 15) is 0 Å². The highest BCUT2D eigenvalue weighted by atomic mass is 32.1. The van der Waals surface area contributed by atoms with Gasteiger partial charge in [0.25, 0.3) is 0 Å². The van der Waals surface area contributed by atoms with E-state index in [0.717, 1.165) is 23.7 Å². The molecule has 1 aromatic heterocycles. The molecule has 0 aliphatic heterocycles. The Bertz CT molecular complexity index is 562. The lowest BCUT2D eigenvalue weighted by Crippen LogP contribution is -2.16. The van der Waals surface area contributed by atoms with Crippen LogP contribution in [0.2, 0.25) is 0 Å². The average molecular weight is 260 g/mol. The number of benzene rings is 1. The molecule has 2 N–H and O–H groups in total. The highest BCUT2D eigenvalue weighted by Gasteiger charge is 2.10. The summed E-state index contributed by atoms with van der Waals surface area (Å²) in [6.07, 6.45) is 3.76. The van der Waals surface area contributed by atoms with Crippen LogP contribution >= 0.6 is 12.2 Å². The second-order valence-electron chi connectivity index (χ2n) is 3.99. The summed E-state index contributed by atoms with van der Waals surface area (Å²) in [6.45, 7) is 2.97. The largest absolute Gasteiger partial charge is 0.389 e. The minimum absolute atomic E-state index is 0.407. The van der Waals surface area contributed by atoms with Gasteiger partial charge in [0.15, 0.2) is 0 Å². The Balaban J connectivity index is 2.37. The fourth-order valence-electron chi connectivity index (χ4n) is 1.83. The monoisotopic (exact) mass is 260 g/mol. The summed E-state index contributed by atoms with van der Waals surface area (Å²) < 4.78 is 2.08. The lowest BCUT2D eigenvalue weighted by molar-refractivity contribution is 0.754. The van der Waals surface area contributed by atoms with Crippen LogP contribution in [0.5, 0.6) is 0 Å². The zero-order valence-corrected chi connectivity index (χ0v) is 11.3. The van der Waals surface area contributed by atoms with Crippen LogP contribution in [0.25, 0.3) is 0 Å². The van der Waals surface area contributed by atoms with Crippen LogP contribution in [0.15, 0.2) is 36.7 Å². The molecule has 0 amide bonds. The number of nitrogens with zero attached hydrogens (tertiary/aromatic N) is 3. The van der Waals surface area contributed by atoms with E-state index < -0.39 is 0 Å². The predicted molar refractivity (Wildman–Crippen MR) is 78.3 cm³/mol. The number of rotatable bonds is 4. The third-order valence-corrected chi connectivity index (χ3v) is 3.09. The molecule has 4 nitrogen and oxygen atoms in total. The molecule has 0 saturated heterocycles. The molecule has 0 aliphatic carbocycles. The van der Waals surface area contributed by atoms with Gasteiger partial charge < -0.3 is 15.2 Å². The van der Waals surface area contributed by atoms with E-state index in [1.807, 2.05) is 42.4 Å². The first kappa shape index (κ1) is 12.6. The number of imidazole rings is 1. The Morgan fingerprint density at radius 1 is 1.50 bits per heavy atom. The number of hydrogen-bond acceptors (Lipinski definition) is 3. The summed E-state index contributed by atoms with van der Waals surface area (Å²) in [5.41, 5.74) is 7.53. The van der Waals surface area contributed by atoms with E-state index in [1.54, 1.807) is 6.20 Å². The normalized spacial score (nSPS) is 10.3. The maximum Gasteiger partial charge on any atom is 0.209 e. The van der Waals surface area contributed by atoms with Crippen molar-refractivity contribution in [1.82, 2.24) is 9.55 Å². The molecule has 0 spiro atoms. The summed E-state index contributed by atoms with van der Waals surface area (Å²) in [7, 11) is 1.98.